The Bertz CT molecular complexity index is 559. The van der Waals surface area contributed by atoms with E-state index in [2.05, 4.69) is 65.5 Å². The smallest absolute Gasteiger partial charge is 0.333 e. The third-order valence-electron chi connectivity index (χ3n) is 4.38. The summed E-state index contributed by atoms with van der Waals surface area (Å²) in [4.78, 5) is 11.3. The second kappa shape index (κ2) is 13.6. The fourth-order valence-corrected chi connectivity index (χ4v) is 18.1. The van der Waals surface area contributed by atoms with E-state index in [0.29, 0.717) is 18.8 Å². The van der Waals surface area contributed by atoms with Crippen LogP contribution in [-0.4, -0.2) is 65.9 Å². The van der Waals surface area contributed by atoms with Gasteiger partial charge in [-0.1, -0.05) is 6.58 Å². The van der Waals surface area contributed by atoms with Crippen LogP contribution >= 0.6 is 0 Å². The first kappa shape index (κ1) is 30.9. The molecule has 0 aromatic heterocycles. The summed E-state index contributed by atoms with van der Waals surface area (Å²) in [6, 6.07) is 2.12. The third kappa shape index (κ3) is 18.1. The summed E-state index contributed by atoms with van der Waals surface area (Å²) in [5.41, 5.74) is 0.407. The SMILES string of the molecule is C=C(C)C(=O)OCCOCCC[Si](C)(C)O[Si](C)(C)O[Si](C)(C)CCCO[Si](C)(C)C. The summed E-state index contributed by atoms with van der Waals surface area (Å²) in [6.45, 7) is 27.5. The predicted molar refractivity (Wildman–Crippen MR) is 139 cm³/mol. The average molecular weight is 509 g/mol. The van der Waals surface area contributed by atoms with Crippen LogP contribution in [0.25, 0.3) is 0 Å². The van der Waals surface area contributed by atoms with Crippen LogP contribution in [0.2, 0.25) is 71.0 Å². The van der Waals surface area contributed by atoms with Crippen molar-refractivity contribution in [3.8, 4) is 0 Å². The van der Waals surface area contributed by atoms with Gasteiger partial charge in [0.2, 0.25) is 0 Å². The quantitative estimate of drug-likeness (QED) is 0.105. The average Bonchev–Trinajstić information content (AvgIpc) is 2.54. The van der Waals surface area contributed by atoms with Gasteiger partial charge in [-0.05, 0) is 90.8 Å². The molecule has 0 aromatic carbocycles. The van der Waals surface area contributed by atoms with Crippen molar-refractivity contribution in [1.82, 2.24) is 0 Å². The highest BCUT2D eigenvalue weighted by Gasteiger charge is 2.39. The maximum atomic E-state index is 11.3. The molecule has 0 saturated heterocycles. The molecule has 31 heavy (non-hydrogen) atoms. The van der Waals surface area contributed by atoms with Crippen molar-refractivity contribution >= 4 is 39.5 Å². The molecule has 0 amide bonds. The molecule has 0 aliphatic heterocycles. The van der Waals surface area contributed by atoms with Gasteiger partial charge in [0, 0.05) is 18.8 Å². The van der Waals surface area contributed by atoms with Gasteiger partial charge in [-0.2, -0.15) is 0 Å². The molecule has 184 valence electrons. The van der Waals surface area contributed by atoms with Crippen LogP contribution in [0.4, 0.5) is 0 Å². The molecule has 0 aliphatic rings. The first-order chi connectivity index (χ1) is 13.9. The predicted octanol–water partition coefficient (Wildman–Crippen LogP) is 5.90. The van der Waals surface area contributed by atoms with Gasteiger partial charge in [0.1, 0.15) is 6.61 Å². The molecule has 0 rings (SSSR count). The summed E-state index contributed by atoms with van der Waals surface area (Å²) in [7, 11) is -7.25. The minimum absolute atomic E-state index is 0.263. The van der Waals surface area contributed by atoms with Gasteiger partial charge in [-0.15, -0.1) is 0 Å². The molecule has 0 unspecified atom stereocenters. The number of ether oxygens (including phenoxy) is 2. The fourth-order valence-electron chi connectivity index (χ4n) is 3.35. The Labute approximate surface area is 195 Å². The highest BCUT2D eigenvalue weighted by atomic mass is 28.5. The topological polar surface area (TPSA) is 63.2 Å². The van der Waals surface area contributed by atoms with Gasteiger partial charge in [0.15, 0.2) is 25.0 Å². The van der Waals surface area contributed by atoms with Crippen molar-refractivity contribution in [2.45, 2.75) is 90.8 Å². The van der Waals surface area contributed by atoms with E-state index in [9.17, 15) is 4.79 Å². The van der Waals surface area contributed by atoms with Gasteiger partial charge < -0.3 is 22.1 Å². The van der Waals surface area contributed by atoms with Crippen LogP contribution in [0, 0.1) is 0 Å². The van der Waals surface area contributed by atoms with E-state index in [1.54, 1.807) is 6.92 Å². The molecule has 0 fully saturated rings. The molecule has 0 N–H and O–H groups in total. The second-order valence-corrected chi connectivity index (χ2v) is 27.8. The molecule has 10 heteroatoms. The Hall–Kier alpha value is -0.0825. The standard InChI is InChI=1S/C21H48O6Si4/c1-20(2)21(22)24-17-16-23-14-12-18-29(6,7)26-31(10,11)27-30(8,9)19-13-15-25-28(3,4)5/h1,12-19H2,2-11H3. The lowest BCUT2D eigenvalue weighted by molar-refractivity contribution is -0.140. The molecule has 0 spiro atoms. The molecule has 0 saturated carbocycles. The largest absolute Gasteiger partial charge is 0.460 e. The Balaban J connectivity index is 4.23. The molecule has 0 radical (unpaired) electrons. The lowest BCUT2D eigenvalue weighted by atomic mass is 10.4. The maximum absolute atomic E-state index is 11.3. The highest BCUT2D eigenvalue weighted by molar-refractivity contribution is 6.87. The Morgan fingerprint density at radius 3 is 1.68 bits per heavy atom. The fraction of sp³-hybridized carbons (Fsp3) is 0.857. The minimum atomic E-state index is -2.19. The third-order valence-corrected chi connectivity index (χ3v) is 16.9. The summed E-state index contributed by atoms with van der Waals surface area (Å²) in [5.74, 6) is -0.368. The maximum Gasteiger partial charge on any atom is 0.333 e. The Morgan fingerprint density at radius 1 is 0.742 bits per heavy atom. The normalized spacial score (nSPS) is 13.4. The molecule has 0 bridgehead atoms. The van der Waals surface area contributed by atoms with Gasteiger partial charge in [0.05, 0.1) is 6.61 Å². The molecular weight excluding hydrogens is 461 g/mol. The second-order valence-electron chi connectivity index (χ2n) is 10.8. The molecule has 0 aliphatic carbocycles. The summed E-state index contributed by atoms with van der Waals surface area (Å²) >= 11 is 0. The van der Waals surface area contributed by atoms with Crippen molar-refractivity contribution in [2.75, 3.05) is 26.4 Å². The number of hydrogen-bond donors (Lipinski definition) is 0. The van der Waals surface area contributed by atoms with E-state index in [4.69, 9.17) is 22.1 Å². The molecule has 0 atom stereocenters. The lowest BCUT2D eigenvalue weighted by Crippen LogP contribution is -2.52. The van der Waals surface area contributed by atoms with Crippen LogP contribution in [0.5, 0.6) is 0 Å². The lowest BCUT2D eigenvalue weighted by Gasteiger charge is -2.39. The van der Waals surface area contributed by atoms with Gasteiger partial charge in [0.25, 0.3) is 0 Å². The first-order valence-corrected chi connectivity index (χ1v) is 23.8. The summed E-state index contributed by atoms with van der Waals surface area (Å²) < 4.78 is 29.9. The summed E-state index contributed by atoms with van der Waals surface area (Å²) in [6.07, 6.45) is 2.00. The highest BCUT2D eigenvalue weighted by Crippen LogP contribution is 2.26. The number of esters is 1. The number of carbonyl (C=O) groups excluding carboxylic acids is 1. The number of rotatable bonds is 17. The van der Waals surface area contributed by atoms with E-state index in [-0.39, 0.29) is 12.6 Å². The van der Waals surface area contributed by atoms with Gasteiger partial charge in [-0.3, -0.25) is 0 Å². The first-order valence-electron chi connectivity index (χ1n) is 11.4. The van der Waals surface area contributed by atoms with E-state index >= 15 is 0 Å². The van der Waals surface area contributed by atoms with Crippen molar-refractivity contribution in [1.29, 1.82) is 0 Å². The number of carbonyl (C=O) groups is 1. The zero-order chi connectivity index (χ0) is 24.3. The van der Waals surface area contributed by atoms with Crippen LogP contribution in [0.1, 0.15) is 19.8 Å². The minimum Gasteiger partial charge on any atom is -0.460 e. The monoisotopic (exact) mass is 508 g/mol. The van der Waals surface area contributed by atoms with Crippen LogP contribution in [0.3, 0.4) is 0 Å². The van der Waals surface area contributed by atoms with Crippen molar-refractivity contribution in [3.63, 3.8) is 0 Å². The van der Waals surface area contributed by atoms with E-state index in [1.807, 2.05) is 0 Å². The molecular formula is C21H48O6Si4. The van der Waals surface area contributed by atoms with E-state index < -0.39 is 33.5 Å². The van der Waals surface area contributed by atoms with Crippen LogP contribution in [-0.2, 0) is 26.9 Å². The Morgan fingerprint density at radius 2 is 1.23 bits per heavy atom. The number of hydrogen-bond acceptors (Lipinski definition) is 6. The Kier molecular flexibility index (Phi) is 13.5. The zero-order valence-electron chi connectivity index (χ0n) is 21.8. The zero-order valence-corrected chi connectivity index (χ0v) is 25.8. The van der Waals surface area contributed by atoms with E-state index in [0.717, 1.165) is 31.5 Å². The van der Waals surface area contributed by atoms with Crippen LogP contribution in [0.15, 0.2) is 12.2 Å². The molecule has 6 nitrogen and oxygen atoms in total. The van der Waals surface area contributed by atoms with Crippen molar-refractivity contribution < 1.29 is 26.9 Å². The van der Waals surface area contributed by atoms with E-state index in [1.165, 1.54) is 0 Å². The van der Waals surface area contributed by atoms with Crippen molar-refractivity contribution in [3.05, 3.63) is 12.2 Å². The van der Waals surface area contributed by atoms with Crippen LogP contribution < -0.4 is 0 Å². The molecule has 0 heterocycles. The summed E-state index contributed by atoms with van der Waals surface area (Å²) in [5, 5.41) is 0. The van der Waals surface area contributed by atoms with Crippen molar-refractivity contribution in [2.24, 2.45) is 0 Å². The molecule has 0 aromatic rings. The van der Waals surface area contributed by atoms with Gasteiger partial charge in [-0.25, -0.2) is 4.79 Å². The van der Waals surface area contributed by atoms with Gasteiger partial charge >= 0.3 is 14.5 Å².